The highest BCUT2D eigenvalue weighted by Gasteiger charge is 2.16. The number of hydrogen-bond donors (Lipinski definition) is 2. The van der Waals surface area contributed by atoms with Crippen LogP contribution in [-0.4, -0.2) is 21.8 Å². The lowest BCUT2D eigenvalue weighted by atomic mass is 9.96. The standard InChI is InChI=1S/C13H24N4O/c1-13(2,3)14-9-11-16-17-12(18-11)15-10-7-5-4-6-8-10/h10,14H,4-9H2,1-3H3,(H,15,17). The number of hydrogen-bond acceptors (Lipinski definition) is 5. The topological polar surface area (TPSA) is 63.0 Å². The molecule has 0 unspecified atom stereocenters. The second-order valence-electron chi connectivity index (χ2n) is 6.08. The molecule has 5 nitrogen and oxygen atoms in total. The molecule has 1 aliphatic carbocycles. The summed E-state index contributed by atoms with van der Waals surface area (Å²) in [5.41, 5.74) is 0.0609. The fraction of sp³-hybridized carbons (Fsp3) is 0.846. The van der Waals surface area contributed by atoms with Gasteiger partial charge in [-0.25, -0.2) is 0 Å². The van der Waals surface area contributed by atoms with Crippen LogP contribution in [0, 0.1) is 0 Å². The van der Waals surface area contributed by atoms with Crippen LogP contribution in [0.3, 0.4) is 0 Å². The van der Waals surface area contributed by atoms with Crippen LogP contribution in [-0.2, 0) is 6.54 Å². The van der Waals surface area contributed by atoms with Gasteiger partial charge in [-0.15, -0.1) is 5.10 Å². The maximum atomic E-state index is 5.59. The molecule has 2 rings (SSSR count). The lowest BCUT2D eigenvalue weighted by Gasteiger charge is -2.21. The van der Waals surface area contributed by atoms with Crippen molar-refractivity contribution in [3.63, 3.8) is 0 Å². The summed E-state index contributed by atoms with van der Waals surface area (Å²) in [6, 6.07) is 1.07. The van der Waals surface area contributed by atoms with Crippen molar-refractivity contribution in [2.75, 3.05) is 5.32 Å². The van der Waals surface area contributed by atoms with Gasteiger partial charge in [0.1, 0.15) is 0 Å². The number of rotatable bonds is 4. The zero-order valence-electron chi connectivity index (χ0n) is 11.6. The first kappa shape index (κ1) is 13.3. The number of aromatic nitrogens is 2. The average Bonchev–Trinajstić information content (AvgIpc) is 2.75. The fourth-order valence-corrected chi connectivity index (χ4v) is 2.15. The SMILES string of the molecule is CC(C)(C)NCc1nnc(NC2CCCCC2)o1. The van der Waals surface area contributed by atoms with Gasteiger partial charge in [0.25, 0.3) is 0 Å². The number of anilines is 1. The Bertz CT molecular complexity index is 363. The molecule has 0 radical (unpaired) electrons. The molecule has 0 spiro atoms. The van der Waals surface area contributed by atoms with Crippen molar-refractivity contribution >= 4 is 6.01 Å². The molecule has 1 saturated carbocycles. The van der Waals surface area contributed by atoms with E-state index in [4.69, 9.17) is 4.42 Å². The molecule has 1 aliphatic rings. The van der Waals surface area contributed by atoms with Crippen LogP contribution in [0.25, 0.3) is 0 Å². The average molecular weight is 252 g/mol. The third kappa shape index (κ3) is 4.29. The van der Waals surface area contributed by atoms with Crippen molar-refractivity contribution in [1.29, 1.82) is 0 Å². The van der Waals surface area contributed by atoms with Crippen LogP contribution in [0.15, 0.2) is 4.42 Å². The van der Waals surface area contributed by atoms with Gasteiger partial charge in [-0.2, -0.15) is 0 Å². The molecule has 2 N–H and O–H groups in total. The molecule has 5 heteroatoms. The summed E-state index contributed by atoms with van der Waals surface area (Å²) in [6.45, 7) is 6.96. The lowest BCUT2D eigenvalue weighted by molar-refractivity contribution is 0.380. The first-order valence-corrected chi connectivity index (χ1v) is 6.87. The van der Waals surface area contributed by atoms with E-state index in [-0.39, 0.29) is 5.54 Å². The highest BCUT2D eigenvalue weighted by Crippen LogP contribution is 2.21. The van der Waals surface area contributed by atoms with E-state index in [1.165, 1.54) is 32.1 Å². The first-order valence-electron chi connectivity index (χ1n) is 6.87. The van der Waals surface area contributed by atoms with Crippen molar-refractivity contribution in [2.24, 2.45) is 0 Å². The first-order chi connectivity index (χ1) is 8.53. The van der Waals surface area contributed by atoms with Gasteiger partial charge in [0.05, 0.1) is 6.54 Å². The monoisotopic (exact) mass is 252 g/mol. The Morgan fingerprint density at radius 2 is 1.89 bits per heavy atom. The van der Waals surface area contributed by atoms with E-state index >= 15 is 0 Å². The summed E-state index contributed by atoms with van der Waals surface area (Å²) in [5, 5.41) is 14.7. The second kappa shape index (κ2) is 5.69. The van der Waals surface area contributed by atoms with Crippen molar-refractivity contribution in [1.82, 2.24) is 15.5 Å². The van der Waals surface area contributed by atoms with Crippen LogP contribution in [0.2, 0.25) is 0 Å². The molecule has 1 heterocycles. The highest BCUT2D eigenvalue weighted by atomic mass is 16.4. The second-order valence-corrected chi connectivity index (χ2v) is 6.08. The Morgan fingerprint density at radius 3 is 2.56 bits per heavy atom. The van der Waals surface area contributed by atoms with Gasteiger partial charge < -0.3 is 15.1 Å². The van der Waals surface area contributed by atoms with E-state index in [0.29, 0.717) is 24.5 Å². The van der Waals surface area contributed by atoms with Gasteiger partial charge in [-0.05, 0) is 33.6 Å². The van der Waals surface area contributed by atoms with Gasteiger partial charge in [0.15, 0.2) is 0 Å². The van der Waals surface area contributed by atoms with Gasteiger partial charge >= 0.3 is 6.01 Å². The minimum Gasteiger partial charge on any atom is -0.407 e. The van der Waals surface area contributed by atoms with E-state index in [9.17, 15) is 0 Å². The van der Waals surface area contributed by atoms with Crippen LogP contribution >= 0.6 is 0 Å². The molecule has 0 aromatic carbocycles. The quantitative estimate of drug-likeness (QED) is 0.862. The molecule has 102 valence electrons. The van der Waals surface area contributed by atoms with Crippen LogP contribution in [0.1, 0.15) is 58.8 Å². The predicted molar refractivity (Wildman–Crippen MR) is 71.4 cm³/mol. The minimum absolute atomic E-state index is 0.0609. The molecule has 0 amide bonds. The van der Waals surface area contributed by atoms with E-state index in [1.807, 2.05) is 0 Å². The van der Waals surface area contributed by atoms with Gasteiger partial charge in [0.2, 0.25) is 5.89 Å². The van der Waals surface area contributed by atoms with E-state index < -0.39 is 0 Å². The summed E-state index contributed by atoms with van der Waals surface area (Å²) >= 11 is 0. The molecule has 0 aliphatic heterocycles. The molecular weight excluding hydrogens is 228 g/mol. The van der Waals surface area contributed by atoms with Gasteiger partial charge in [0, 0.05) is 11.6 Å². The van der Waals surface area contributed by atoms with E-state index in [2.05, 4.69) is 41.6 Å². The summed E-state index contributed by atoms with van der Waals surface area (Å²) in [6.07, 6.45) is 6.35. The van der Waals surface area contributed by atoms with Gasteiger partial charge in [-0.3, -0.25) is 0 Å². The Morgan fingerprint density at radius 1 is 1.17 bits per heavy atom. The summed E-state index contributed by atoms with van der Waals surface area (Å²) < 4.78 is 5.59. The normalized spacial score (nSPS) is 17.9. The van der Waals surface area contributed by atoms with Gasteiger partial charge in [-0.1, -0.05) is 24.4 Å². The molecule has 1 aromatic heterocycles. The summed E-state index contributed by atoms with van der Waals surface area (Å²) in [5.74, 6) is 0.642. The van der Waals surface area contributed by atoms with Crippen LogP contribution < -0.4 is 10.6 Å². The molecule has 0 saturated heterocycles. The Kier molecular flexibility index (Phi) is 4.22. The van der Waals surface area contributed by atoms with E-state index in [1.54, 1.807) is 0 Å². The number of nitrogens with zero attached hydrogens (tertiary/aromatic N) is 2. The van der Waals surface area contributed by atoms with Crippen molar-refractivity contribution in [3.05, 3.63) is 5.89 Å². The predicted octanol–water partition coefficient (Wildman–Crippen LogP) is 2.70. The summed E-state index contributed by atoms with van der Waals surface area (Å²) in [4.78, 5) is 0. The zero-order chi connectivity index (χ0) is 13.0. The third-order valence-electron chi connectivity index (χ3n) is 3.17. The van der Waals surface area contributed by atoms with E-state index in [0.717, 1.165) is 0 Å². The Balaban J connectivity index is 1.82. The third-order valence-corrected chi connectivity index (χ3v) is 3.17. The Hall–Kier alpha value is -1.10. The molecule has 18 heavy (non-hydrogen) atoms. The van der Waals surface area contributed by atoms with Crippen LogP contribution in [0.5, 0.6) is 0 Å². The molecule has 0 bridgehead atoms. The summed E-state index contributed by atoms with van der Waals surface area (Å²) in [7, 11) is 0. The van der Waals surface area contributed by atoms with Crippen molar-refractivity contribution < 1.29 is 4.42 Å². The fourth-order valence-electron chi connectivity index (χ4n) is 2.15. The lowest BCUT2D eigenvalue weighted by Crippen LogP contribution is -2.35. The smallest absolute Gasteiger partial charge is 0.315 e. The van der Waals surface area contributed by atoms with Crippen LogP contribution in [0.4, 0.5) is 6.01 Å². The van der Waals surface area contributed by atoms with Crippen molar-refractivity contribution in [3.8, 4) is 0 Å². The maximum Gasteiger partial charge on any atom is 0.315 e. The highest BCUT2D eigenvalue weighted by molar-refractivity contribution is 5.19. The minimum atomic E-state index is 0.0609. The molecule has 1 fully saturated rings. The molecular formula is C13H24N4O. The maximum absolute atomic E-state index is 5.59. The molecule has 1 aromatic rings. The van der Waals surface area contributed by atoms with Crippen molar-refractivity contribution in [2.45, 2.75) is 71.0 Å². The largest absolute Gasteiger partial charge is 0.407 e. The number of nitrogens with one attached hydrogen (secondary N) is 2. The Labute approximate surface area is 109 Å². The molecule has 0 atom stereocenters. The zero-order valence-corrected chi connectivity index (χ0v) is 11.6.